The Labute approximate surface area is 122 Å². The minimum atomic E-state index is -0.415. The third kappa shape index (κ3) is 5.55. The lowest BCUT2D eigenvalue weighted by atomic mass is 10.1. The van der Waals surface area contributed by atoms with E-state index in [0.717, 1.165) is 19.4 Å². The quantitative estimate of drug-likeness (QED) is 0.410. The van der Waals surface area contributed by atoms with Gasteiger partial charge in [0.15, 0.2) is 0 Å². The van der Waals surface area contributed by atoms with Crippen LogP contribution < -0.4 is 5.32 Å². The molecule has 5 nitrogen and oxygen atoms in total. The molecule has 0 radical (unpaired) electrons. The van der Waals surface area contributed by atoms with E-state index in [-0.39, 0.29) is 5.69 Å². The van der Waals surface area contributed by atoms with E-state index in [1.165, 1.54) is 31.9 Å². The van der Waals surface area contributed by atoms with Crippen molar-refractivity contribution in [3.05, 3.63) is 27.0 Å². The second-order valence-corrected chi connectivity index (χ2v) is 5.32. The third-order valence-electron chi connectivity index (χ3n) is 2.91. The van der Waals surface area contributed by atoms with Crippen LogP contribution in [-0.4, -0.2) is 16.5 Å². The van der Waals surface area contributed by atoms with Gasteiger partial charge in [0.2, 0.25) is 0 Å². The topological polar surface area (TPSA) is 68.1 Å². The summed E-state index contributed by atoms with van der Waals surface area (Å²) in [6.07, 6.45) is 10.1. The summed E-state index contributed by atoms with van der Waals surface area (Å²) in [5.74, 6) is 0. The molecule has 0 atom stereocenters. The van der Waals surface area contributed by atoms with Crippen LogP contribution in [-0.2, 0) is 0 Å². The maximum Gasteiger partial charge on any atom is 0.311 e. The van der Waals surface area contributed by atoms with Crippen LogP contribution in [0, 0.1) is 10.1 Å². The first kappa shape index (κ1) is 15.9. The van der Waals surface area contributed by atoms with Gasteiger partial charge in [-0.25, -0.2) is 0 Å². The Kier molecular flexibility index (Phi) is 7.40. The maximum atomic E-state index is 10.9. The fraction of sp³-hybridized carbons (Fsp3) is 0.615. The van der Waals surface area contributed by atoms with Crippen LogP contribution in [0.4, 0.5) is 11.4 Å². The molecule has 1 N–H and O–H groups in total. The third-order valence-corrected chi connectivity index (χ3v) is 3.51. The molecule has 0 saturated carbocycles. The number of rotatable bonds is 9. The Bertz CT molecular complexity index is 413. The van der Waals surface area contributed by atoms with Crippen LogP contribution in [0.15, 0.2) is 16.9 Å². The summed E-state index contributed by atoms with van der Waals surface area (Å²) in [6.45, 7) is 2.94. The van der Waals surface area contributed by atoms with Gasteiger partial charge in [-0.3, -0.25) is 15.1 Å². The molecule has 0 spiro atoms. The average molecular weight is 330 g/mol. The fourth-order valence-corrected chi connectivity index (χ4v) is 2.32. The van der Waals surface area contributed by atoms with Crippen LogP contribution in [0.1, 0.15) is 45.4 Å². The van der Waals surface area contributed by atoms with E-state index in [0.29, 0.717) is 10.2 Å². The van der Waals surface area contributed by atoms with Gasteiger partial charge in [-0.15, -0.1) is 0 Å². The van der Waals surface area contributed by atoms with Gasteiger partial charge in [0.1, 0.15) is 11.9 Å². The SMILES string of the molecule is CCCCCCCCNc1c(Br)cncc1[N+](=O)[O-]. The Hall–Kier alpha value is -1.17. The number of hydrogen-bond donors (Lipinski definition) is 1. The lowest BCUT2D eigenvalue weighted by Crippen LogP contribution is -2.05. The molecule has 1 aromatic heterocycles. The van der Waals surface area contributed by atoms with Gasteiger partial charge < -0.3 is 5.32 Å². The summed E-state index contributed by atoms with van der Waals surface area (Å²) in [5.41, 5.74) is 0.536. The molecule has 0 unspecified atom stereocenters. The molecule has 1 heterocycles. The van der Waals surface area contributed by atoms with Gasteiger partial charge >= 0.3 is 5.69 Å². The molecule has 6 heteroatoms. The Balaban J connectivity index is 2.38. The number of unbranched alkanes of at least 4 members (excludes halogenated alkanes) is 5. The molecule has 0 aliphatic rings. The molecule has 0 bridgehead atoms. The van der Waals surface area contributed by atoms with Gasteiger partial charge in [-0.05, 0) is 22.4 Å². The highest BCUT2D eigenvalue weighted by Crippen LogP contribution is 2.30. The van der Waals surface area contributed by atoms with E-state index >= 15 is 0 Å². The van der Waals surface area contributed by atoms with Crippen LogP contribution in [0.25, 0.3) is 0 Å². The molecule has 1 aromatic rings. The van der Waals surface area contributed by atoms with Crippen molar-refractivity contribution in [1.82, 2.24) is 4.98 Å². The lowest BCUT2D eigenvalue weighted by molar-refractivity contribution is -0.384. The van der Waals surface area contributed by atoms with Crippen molar-refractivity contribution in [3.63, 3.8) is 0 Å². The summed E-state index contributed by atoms with van der Waals surface area (Å²) in [5, 5.41) is 14.0. The highest BCUT2D eigenvalue weighted by Gasteiger charge is 2.16. The number of nitro groups is 1. The summed E-state index contributed by atoms with van der Waals surface area (Å²) in [6, 6.07) is 0. The van der Waals surface area contributed by atoms with Crippen molar-refractivity contribution in [2.45, 2.75) is 45.4 Å². The van der Waals surface area contributed by atoms with Crippen LogP contribution in [0.2, 0.25) is 0 Å². The van der Waals surface area contributed by atoms with Gasteiger partial charge in [0.05, 0.1) is 9.40 Å². The molecular weight excluding hydrogens is 310 g/mol. The highest BCUT2D eigenvalue weighted by molar-refractivity contribution is 9.10. The summed E-state index contributed by atoms with van der Waals surface area (Å²) in [4.78, 5) is 14.3. The van der Waals surface area contributed by atoms with Gasteiger partial charge in [0.25, 0.3) is 0 Å². The van der Waals surface area contributed by atoms with Crippen molar-refractivity contribution in [3.8, 4) is 0 Å². The van der Waals surface area contributed by atoms with E-state index in [9.17, 15) is 10.1 Å². The van der Waals surface area contributed by atoms with Crippen molar-refractivity contribution in [2.24, 2.45) is 0 Å². The van der Waals surface area contributed by atoms with E-state index in [4.69, 9.17) is 0 Å². The smallest absolute Gasteiger partial charge is 0.311 e. The molecular formula is C13H20BrN3O2. The van der Waals surface area contributed by atoms with Crippen LogP contribution in [0.3, 0.4) is 0 Å². The largest absolute Gasteiger partial charge is 0.378 e. The predicted molar refractivity (Wildman–Crippen MR) is 80.5 cm³/mol. The van der Waals surface area contributed by atoms with Crippen LogP contribution >= 0.6 is 15.9 Å². The van der Waals surface area contributed by atoms with Gasteiger partial charge in [0, 0.05) is 12.7 Å². The van der Waals surface area contributed by atoms with Crippen molar-refractivity contribution in [1.29, 1.82) is 0 Å². The number of aromatic nitrogens is 1. The first-order chi connectivity index (χ1) is 9.16. The Morgan fingerprint density at radius 2 is 1.95 bits per heavy atom. The van der Waals surface area contributed by atoms with Gasteiger partial charge in [-0.2, -0.15) is 0 Å². The second-order valence-electron chi connectivity index (χ2n) is 4.47. The lowest BCUT2D eigenvalue weighted by Gasteiger charge is -2.08. The minimum absolute atomic E-state index is 0.0142. The second kappa shape index (κ2) is 8.85. The number of anilines is 1. The normalized spacial score (nSPS) is 10.4. The maximum absolute atomic E-state index is 10.9. The zero-order valence-corrected chi connectivity index (χ0v) is 12.8. The molecule has 106 valence electrons. The van der Waals surface area contributed by atoms with Crippen molar-refractivity contribution < 1.29 is 4.92 Å². The molecule has 0 saturated heterocycles. The average Bonchev–Trinajstić information content (AvgIpc) is 2.39. The monoisotopic (exact) mass is 329 g/mol. The number of halogens is 1. The van der Waals surface area contributed by atoms with E-state index in [1.807, 2.05) is 0 Å². The number of hydrogen-bond acceptors (Lipinski definition) is 4. The summed E-state index contributed by atoms with van der Waals surface area (Å²) in [7, 11) is 0. The Morgan fingerprint density at radius 3 is 2.63 bits per heavy atom. The van der Waals surface area contributed by atoms with Crippen LogP contribution in [0.5, 0.6) is 0 Å². The van der Waals surface area contributed by atoms with E-state index < -0.39 is 4.92 Å². The van der Waals surface area contributed by atoms with Crippen molar-refractivity contribution in [2.75, 3.05) is 11.9 Å². The first-order valence-corrected chi connectivity index (χ1v) is 7.48. The van der Waals surface area contributed by atoms with Gasteiger partial charge in [-0.1, -0.05) is 39.0 Å². The molecule has 0 aliphatic carbocycles. The molecule has 0 aliphatic heterocycles. The molecule has 0 fully saturated rings. The first-order valence-electron chi connectivity index (χ1n) is 6.68. The van der Waals surface area contributed by atoms with E-state index in [1.54, 1.807) is 6.20 Å². The highest BCUT2D eigenvalue weighted by atomic mass is 79.9. The molecule has 0 aromatic carbocycles. The minimum Gasteiger partial charge on any atom is -0.378 e. The standard InChI is InChI=1S/C13H20BrN3O2/c1-2-3-4-5-6-7-8-16-13-11(14)9-15-10-12(13)17(18)19/h9-10H,2-8H2,1H3,(H,15,16). The molecule has 1 rings (SSSR count). The zero-order chi connectivity index (χ0) is 14.1. The number of pyridine rings is 1. The zero-order valence-electron chi connectivity index (χ0n) is 11.2. The number of nitrogens with one attached hydrogen (secondary N) is 1. The summed E-state index contributed by atoms with van der Waals surface area (Å²) >= 11 is 3.29. The number of nitrogens with zero attached hydrogens (tertiary/aromatic N) is 2. The fourth-order valence-electron chi connectivity index (χ4n) is 1.86. The predicted octanol–water partition coefficient (Wildman–Crippen LogP) is 4.52. The molecule has 19 heavy (non-hydrogen) atoms. The van der Waals surface area contributed by atoms with E-state index in [2.05, 4.69) is 33.2 Å². The van der Waals surface area contributed by atoms with Crippen molar-refractivity contribution >= 4 is 27.3 Å². The Morgan fingerprint density at radius 1 is 1.26 bits per heavy atom. The molecule has 0 amide bonds. The summed E-state index contributed by atoms with van der Waals surface area (Å²) < 4.78 is 0.632.